The first-order valence-corrected chi connectivity index (χ1v) is 38.7. The molecule has 2 aliphatic carbocycles. The molecule has 3 unspecified atom stereocenters. The zero-order valence-electron chi connectivity index (χ0n) is 57.2. The first kappa shape index (κ1) is 69.8. The summed E-state index contributed by atoms with van der Waals surface area (Å²) < 4.78 is 72.3. The number of hydrogen-bond acceptors (Lipinski definition) is 12. The number of fused-ring (bicyclic) bond motifs is 16. The molecule has 0 aliphatic heterocycles. The van der Waals surface area contributed by atoms with Crippen LogP contribution < -0.4 is 0 Å². The minimum atomic E-state index is -1.19. The van der Waals surface area contributed by atoms with E-state index in [4.69, 9.17) is 10.2 Å². The van der Waals surface area contributed by atoms with E-state index in [1.54, 1.807) is 57.5 Å². The van der Waals surface area contributed by atoms with Gasteiger partial charge in [0.05, 0.1) is 56.3 Å². The molecular formula is C79H81F4N9O2S4. The van der Waals surface area contributed by atoms with Gasteiger partial charge in [0.25, 0.3) is 0 Å². The first-order valence-electron chi connectivity index (χ1n) is 35.4. The second-order valence-electron chi connectivity index (χ2n) is 26.7. The van der Waals surface area contributed by atoms with E-state index in [-0.39, 0.29) is 73.6 Å². The summed E-state index contributed by atoms with van der Waals surface area (Å²) >= 11 is 6.65. The normalized spacial score (nSPS) is 15.0. The van der Waals surface area contributed by atoms with Crippen LogP contribution in [0.4, 0.5) is 17.6 Å². The fourth-order valence-electron chi connectivity index (χ4n) is 15.1. The maximum Gasteiger partial charge on any atom is 0.194 e. The number of ketones is 2. The zero-order chi connectivity index (χ0) is 69.4. The van der Waals surface area contributed by atoms with Crippen LogP contribution in [0.15, 0.2) is 46.6 Å². The van der Waals surface area contributed by atoms with Gasteiger partial charge >= 0.3 is 0 Å². The standard InChI is InChI=1S/C79H81F4N9O2S4/c1-9-17-22-24-29-48-60(35-54-62(45(37-84)38-85)50-31-56(80)58(82)33-52(50)72(54)93)95-78-70-76(97-74(48)78)64-66-67(89-92(88-66)47(16-8)28-21-13-5)65-69(68(64)90(70)41-43(14-6)26-19-11-3)91(42-44(15-7)27-20-12-4)71-77(65)98-75-49(30-25-23-18-10-2)61(96-79(71)75)36-55-63(46(39-86)40-87)51-32-57(81)59(83)34-53(51)73(55)94/h31-36,43-44,47H,9-30,41-42H2,1-8H3/b54-35-,55-36-. The van der Waals surface area contributed by atoms with E-state index in [1.165, 1.54) is 0 Å². The van der Waals surface area contributed by atoms with Gasteiger partial charge in [-0.1, -0.05) is 145 Å². The Morgan fingerprint density at radius 3 is 1.19 bits per heavy atom. The summed E-state index contributed by atoms with van der Waals surface area (Å²) in [5.74, 6) is -5.39. The highest BCUT2D eigenvalue weighted by molar-refractivity contribution is 7.34. The van der Waals surface area contributed by atoms with Gasteiger partial charge in [-0.15, -0.1) is 45.3 Å². The van der Waals surface area contributed by atoms with Crippen LogP contribution in [0.2, 0.25) is 0 Å². The predicted molar refractivity (Wildman–Crippen MR) is 395 cm³/mol. The van der Waals surface area contributed by atoms with Crippen LogP contribution in [0.5, 0.6) is 0 Å². The number of nitrogens with zero attached hydrogens (tertiary/aromatic N) is 9. The molecule has 0 saturated carbocycles. The van der Waals surface area contributed by atoms with Crippen molar-refractivity contribution < 1.29 is 27.2 Å². The number of aryl methyl sites for hydroxylation is 2. The molecule has 98 heavy (non-hydrogen) atoms. The molecule has 7 heterocycles. The molecule has 19 heteroatoms. The summed E-state index contributed by atoms with van der Waals surface area (Å²) in [6.45, 7) is 19.2. The monoisotopic (exact) mass is 1390 g/mol. The number of allylic oxidation sites excluding steroid dienone is 6. The smallest absolute Gasteiger partial charge is 0.194 e. The molecule has 11 nitrogen and oxygen atoms in total. The number of Topliss-reactive ketones (excluding diaryl/α,β-unsaturated/α-hetero) is 2. The van der Waals surface area contributed by atoms with Gasteiger partial charge in [-0.3, -0.25) is 9.59 Å². The third kappa shape index (κ3) is 12.2. The van der Waals surface area contributed by atoms with Gasteiger partial charge in [-0.2, -0.15) is 36.0 Å². The molecule has 0 fully saturated rings. The maximum atomic E-state index is 15.2. The van der Waals surface area contributed by atoms with Crippen molar-refractivity contribution in [2.75, 3.05) is 0 Å². The van der Waals surface area contributed by atoms with Crippen LogP contribution in [0.25, 0.3) is 95.4 Å². The number of rotatable bonds is 29. The molecule has 0 spiro atoms. The molecule has 0 N–H and O–H groups in total. The van der Waals surface area contributed by atoms with Crippen molar-refractivity contribution in [1.82, 2.24) is 24.1 Å². The summed E-state index contributed by atoms with van der Waals surface area (Å²) in [4.78, 5) is 33.0. The SMILES string of the molecule is CCCCCCc1c(/C=C2\C(=O)c3cc(F)c(F)cc3C2=C(C#N)C#N)sc2c1sc1c3c4nn(C(CC)CCCC)nc4c4c5sc6c(CCCCCC)c(/C=C7\C(=O)c8cc(F)c(F)cc8C7=C(C#N)C#N)sc6c5n(CC(CC)CCCC)c4c3n(CC(CC)CCCC)c21. The van der Waals surface area contributed by atoms with E-state index in [9.17, 15) is 30.6 Å². The first-order chi connectivity index (χ1) is 47.6. The summed E-state index contributed by atoms with van der Waals surface area (Å²) in [7, 11) is 0. The molecule has 0 saturated heterocycles. The fraction of sp³-hybridized carbons (Fsp3) is 0.443. The Morgan fingerprint density at radius 2 is 0.837 bits per heavy atom. The summed E-state index contributed by atoms with van der Waals surface area (Å²) in [5, 5.41) is 55.2. The van der Waals surface area contributed by atoms with Gasteiger partial charge in [-0.05, 0) is 122 Å². The van der Waals surface area contributed by atoms with Crippen molar-refractivity contribution in [3.8, 4) is 24.3 Å². The van der Waals surface area contributed by atoms with E-state index in [2.05, 4.69) is 64.5 Å². The zero-order valence-corrected chi connectivity index (χ0v) is 60.4. The van der Waals surface area contributed by atoms with Gasteiger partial charge in [0.2, 0.25) is 0 Å². The molecule has 12 rings (SSSR count). The quantitative estimate of drug-likeness (QED) is 0.0193. The number of thiophene rings is 4. The minimum absolute atomic E-state index is 0.00212. The van der Waals surface area contributed by atoms with Crippen LogP contribution in [0, 0.1) is 80.4 Å². The Balaban J connectivity index is 1.24. The Bertz CT molecular complexity index is 4840. The van der Waals surface area contributed by atoms with Crippen LogP contribution in [0.1, 0.15) is 243 Å². The largest absolute Gasteiger partial charge is 0.337 e. The number of nitriles is 4. The lowest BCUT2D eigenvalue weighted by molar-refractivity contribution is 0.103. The summed E-state index contributed by atoms with van der Waals surface area (Å²) in [6, 6.07) is 11.5. The topological polar surface area (TPSA) is 170 Å². The average molecular weight is 1390 g/mol. The molecule has 10 aromatic rings. The van der Waals surface area contributed by atoms with E-state index in [0.29, 0.717) is 25.9 Å². The lowest BCUT2D eigenvalue weighted by atomic mass is 9.98. The van der Waals surface area contributed by atoms with Crippen LogP contribution in [0.3, 0.4) is 0 Å². The molecular weight excluding hydrogens is 1310 g/mol. The predicted octanol–water partition coefficient (Wildman–Crippen LogP) is 23.7. The number of unbranched alkanes of at least 4 members (excludes halogenated alkanes) is 9. The third-order valence-electron chi connectivity index (χ3n) is 20.5. The van der Waals surface area contributed by atoms with Crippen LogP contribution >= 0.6 is 45.3 Å². The Morgan fingerprint density at radius 1 is 0.459 bits per heavy atom. The molecule has 7 aromatic heterocycles. The van der Waals surface area contributed by atoms with Gasteiger partial charge in [0.1, 0.15) is 46.5 Å². The van der Waals surface area contributed by atoms with Crippen molar-refractivity contribution in [2.45, 2.75) is 216 Å². The highest BCUT2D eigenvalue weighted by Crippen LogP contribution is 2.56. The van der Waals surface area contributed by atoms with E-state index in [1.807, 2.05) is 29.1 Å². The second-order valence-corrected chi connectivity index (χ2v) is 30.8. The van der Waals surface area contributed by atoms with Gasteiger partial charge < -0.3 is 9.13 Å². The number of aromatic nitrogens is 5. The highest BCUT2D eigenvalue weighted by Gasteiger charge is 2.39. The maximum absolute atomic E-state index is 15.2. The highest BCUT2D eigenvalue weighted by atomic mass is 32.1. The summed E-state index contributed by atoms with van der Waals surface area (Å²) in [5.41, 5.74) is 7.22. The van der Waals surface area contributed by atoms with Crippen molar-refractivity contribution in [3.05, 3.63) is 113 Å². The molecule has 0 amide bonds. The number of hydrogen-bond donors (Lipinski definition) is 0. The lowest BCUT2D eigenvalue weighted by Crippen LogP contribution is -2.13. The molecule has 0 bridgehead atoms. The van der Waals surface area contributed by atoms with Crippen molar-refractivity contribution in [3.63, 3.8) is 0 Å². The van der Waals surface area contributed by atoms with Crippen LogP contribution in [-0.4, -0.2) is 35.7 Å². The van der Waals surface area contributed by atoms with Gasteiger partial charge in [0.15, 0.2) is 34.8 Å². The van der Waals surface area contributed by atoms with Gasteiger partial charge in [-0.25, -0.2) is 17.6 Å². The second kappa shape index (κ2) is 29.8. The number of halogens is 4. The fourth-order valence-corrected chi connectivity index (χ4v) is 21.0. The number of carbonyl (C=O) groups excluding carboxylic acids is 2. The van der Waals surface area contributed by atoms with Gasteiger partial charge in [0, 0.05) is 67.0 Å². The lowest BCUT2D eigenvalue weighted by Gasteiger charge is -2.20. The Labute approximate surface area is 585 Å². The molecule has 2 aliphatic rings. The summed E-state index contributed by atoms with van der Waals surface area (Å²) in [6.07, 6.45) is 24.4. The molecule has 3 aromatic carbocycles. The third-order valence-corrected chi connectivity index (χ3v) is 25.6. The van der Waals surface area contributed by atoms with Crippen molar-refractivity contribution >= 4 is 152 Å². The van der Waals surface area contributed by atoms with E-state index >= 15 is 17.6 Å². The Hall–Kier alpha value is -8.04. The number of carbonyl (C=O) groups is 2. The number of benzene rings is 3. The van der Waals surface area contributed by atoms with Crippen molar-refractivity contribution in [1.29, 1.82) is 21.0 Å². The molecule has 3 atom stereocenters. The van der Waals surface area contributed by atoms with Crippen LogP contribution in [-0.2, 0) is 25.9 Å². The van der Waals surface area contributed by atoms with E-state index in [0.717, 1.165) is 246 Å². The average Bonchev–Trinajstić information content (AvgIpc) is 1.50. The van der Waals surface area contributed by atoms with Crippen molar-refractivity contribution in [2.24, 2.45) is 11.8 Å². The van der Waals surface area contributed by atoms with E-state index < -0.39 is 34.8 Å². The molecule has 506 valence electrons. The minimum Gasteiger partial charge on any atom is -0.337 e. The molecule has 0 radical (unpaired) electrons. The Kier molecular flexibility index (Phi) is 21.2.